The zero-order valence-electron chi connectivity index (χ0n) is 12.0. The van der Waals surface area contributed by atoms with Gasteiger partial charge in [0.15, 0.2) is 0 Å². The molecule has 17 heavy (non-hydrogen) atoms. The van der Waals surface area contributed by atoms with Gasteiger partial charge in [0.2, 0.25) is 0 Å². The fraction of sp³-hybridized carbons (Fsp3) is 1.00. The lowest BCUT2D eigenvalue weighted by Gasteiger charge is -2.43. The first-order chi connectivity index (χ1) is 8.04. The molecule has 1 saturated heterocycles. The van der Waals surface area contributed by atoms with Crippen molar-refractivity contribution in [3.8, 4) is 0 Å². The molecule has 102 valence electrons. The number of nitrogens with two attached hydrogens (primary N) is 1. The number of rotatable bonds is 6. The third-order valence-corrected chi connectivity index (χ3v) is 3.98. The Balaban J connectivity index is 2.61. The predicted molar refractivity (Wildman–Crippen MR) is 73.1 cm³/mol. The lowest BCUT2D eigenvalue weighted by Crippen LogP contribution is -2.53. The maximum atomic E-state index is 5.97. The Hall–Kier alpha value is -0.120. The number of hydrogen-bond donors (Lipinski definition) is 1. The second-order valence-corrected chi connectivity index (χ2v) is 5.90. The molecule has 0 aromatic rings. The summed E-state index contributed by atoms with van der Waals surface area (Å²) in [4.78, 5) is 2.59. The molecule has 1 heterocycles. The summed E-state index contributed by atoms with van der Waals surface area (Å²) in [5.74, 6) is 0. The molecular weight excluding hydrogens is 212 g/mol. The second-order valence-electron chi connectivity index (χ2n) is 5.90. The van der Waals surface area contributed by atoms with Crippen molar-refractivity contribution in [3.05, 3.63) is 0 Å². The van der Waals surface area contributed by atoms with Crippen LogP contribution in [0.25, 0.3) is 0 Å². The minimum absolute atomic E-state index is 0.263. The van der Waals surface area contributed by atoms with Crippen LogP contribution in [0.2, 0.25) is 0 Å². The molecule has 3 unspecified atom stereocenters. The van der Waals surface area contributed by atoms with E-state index in [2.05, 4.69) is 32.6 Å². The quantitative estimate of drug-likeness (QED) is 0.776. The Bertz CT molecular complexity index is 222. The average Bonchev–Trinajstić information content (AvgIpc) is 2.29. The van der Waals surface area contributed by atoms with Crippen LogP contribution in [-0.2, 0) is 4.74 Å². The van der Waals surface area contributed by atoms with Crippen LogP contribution in [0, 0.1) is 5.41 Å². The normalized spacial score (nSPS) is 30.2. The molecule has 3 atom stereocenters. The molecule has 0 radical (unpaired) electrons. The summed E-state index contributed by atoms with van der Waals surface area (Å²) >= 11 is 0. The van der Waals surface area contributed by atoms with Crippen LogP contribution >= 0.6 is 0 Å². The molecule has 1 aliphatic heterocycles. The Labute approximate surface area is 107 Å². The van der Waals surface area contributed by atoms with Gasteiger partial charge in [-0.1, -0.05) is 27.2 Å². The summed E-state index contributed by atoms with van der Waals surface area (Å²) in [6, 6.07) is 0.578. The van der Waals surface area contributed by atoms with Crippen LogP contribution in [-0.4, -0.2) is 43.3 Å². The van der Waals surface area contributed by atoms with E-state index < -0.39 is 0 Å². The van der Waals surface area contributed by atoms with Gasteiger partial charge < -0.3 is 10.5 Å². The third-order valence-electron chi connectivity index (χ3n) is 3.98. The first-order valence-corrected chi connectivity index (χ1v) is 7.10. The van der Waals surface area contributed by atoms with Crippen molar-refractivity contribution in [3.63, 3.8) is 0 Å². The van der Waals surface area contributed by atoms with Crippen LogP contribution in [0.5, 0.6) is 0 Å². The maximum Gasteiger partial charge on any atom is 0.0674 e. The predicted octanol–water partition coefficient (Wildman–Crippen LogP) is 2.25. The van der Waals surface area contributed by atoms with Gasteiger partial charge in [-0.3, -0.25) is 4.90 Å². The lowest BCUT2D eigenvalue weighted by molar-refractivity contribution is -0.0679. The molecule has 0 bridgehead atoms. The zero-order valence-corrected chi connectivity index (χ0v) is 12.0. The van der Waals surface area contributed by atoms with Crippen LogP contribution in [0.4, 0.5) is 0 Å². The highest BCUT2D eigenvalue weighted by Crippen LogP contribution is 2.26. The van der Waals surface area contributed by atoms with Crippen LogP contribution < -0.4 is 5.73 Å². The molecule has 2 N–H and O–H groups in total. The highest BCUT2D eigenvalue weighted by molar-refractivity contribution is 4.85. The van der Waals surface area contributed by atoms with Gasteiger partial charge >= 0.3 is 0 Å². The molecule has 3 heteroatoms. The molecule has 0 aliphatic carbocycles. The van der Waals surface area contributed by atoms with E-state index in [1.54, 1.807) is 0 Å². The fourth-order valence-corrected chi connectivity index (χ4v) is 2.82. The van der Waals surface area contributed by atoms with E-state index in [9.17, 15) is 0 Å². The summed E-state index contributed by atoms with van der Waals surface area (Å²) in [6.45, 7) is 12.8. The number of ether oxygens (including phenoxy) is 1. The van der Waals surface area contributed by atoms with Crippen LogP contribution in [0.3, 0.4) is 0 Å². The summed E-state index contributed by atoms with van der Waals surface area (Å²) < 4.78 is 5.75. The smallest absolute Gasteiger partial charge is 0.0674 e. The number of morpholine rings is 1. The molecule has 0 saturated carbocycles. The topological polar surface area (TPSA) is 38.5 Å². The largest absolute Gasteiger partial charge is 0.376 e. The standard InChI is InChI=1S/C14H30N2O/c1-5-7-14(4,10-15)11-16-8-12(3)17-9-13(16)6-2/h12-13H,5-11,15H2,1-4H3. The van der Waals surface area contributed by atoms with Crippen molar-refractivity contribution in [1.82, 2.24) is 4.90 Å². The first-order valence-electron chi connectivity index (χ1n) is 7.10. The van der Waals surface area contributed by atoms with E-state index in [-0.39, 0.29) is 5.41 Å². The maximum absolute atomic E-state index is 5.97. The molecular formula is C14H30N2O. The van der Waals surface area contributed by atoms with Crippen molar-refractivity contribution in [2.45, 2.75) is 59.1 Å². The monoisotopic (exact) mass is 242 g/mol. The molecule has 0 aromatic heterocycles. The number of hydrogen-bond acceptors (Lipinski definition) is 3. The van der Waals surface area contributed by atoms with E-state index in [4.69, 9.17) is 10.5 Å². The van der Waals surface area contributed by atoms with Gasteiger partial charge in [-0.2, -0.15) is 0 Å². The third kappa shape index (κ3) is 4.23. The van der Waals surface area contributed by atoms with Gasteiger partial charge in [-0.05, 0) is 31.7 Å². The molecule has 0 spiro atoms. The van der Waals surface area contributed by atoms with Gasteiger partial charge in [0.1, 0.15) is 0 Å². The Morgan fingerprint density at radius 2 is 2.12 bits per heavy atom. The Morgan fingerprint density at radius 3 is 2.65 bits per heavy atom. The van der Waals surface area contributed by atoms with Crippen molar-refractivity contribution in [2.75, 3.05) is 26.2 Å². The first kappa shape index (κ1) is 14.9. The van der Waals surface area contributed by atoms with E-state index >= 15 is 0 Å². The van der Waals surface area contributed by atoms with E-state index in [1.807, 2.05) is 0 Å². The van der Waals surface area contributed by atoms with E-state index in [0.29, 0.717) is 12.1 Å². The van der Waals surface area contributed by atoms with Crippen molar-refractivity contribution >= 4 is 0 Å². The second kappa shape index (κ2) is 6.72. The fourth-order valence-electron chi connectivity index (χ4n) is 2.82. The summed E-state index contributed by atoms with van der Waals surface area (Å²) in [5, 5.41) is 0. The van der Waals surface area contributed by atoms with Gasteiger partial charge in [-0.25, -0.2) is 0 Å². The summed E-state index contributed by atoms with van der Waals surface area (Å²) in [6.07, 6.45) is 3.96. The van der Waals surface area contributed by atoms with E-state index in [0.717, 1.165) is 26.2 Å². The van der Waals surface area contributed by atoms with E-state index in [1.165, 1.54) is 19.3 Å². The highest BCUT2D eigenvalue weighted by Gasteiger charge is 2.31. The Morgan fingerprint density at radius 1 is 1.41 bits per heavy atom. The number of nitrogens with zero attached hydrogens (tertiary/aromatic N) is 1. The van der Waals surface area contributed by atoms with Gasteiger partial charge in [0.05, 0.1) is 12.7 Å². The molecule has 3 nitrogen and oxygen atoms in total. The molecule has 1 fully saturated rings. The minimum Gasteiger partial charge on any atom is -0.376 e. The summed E-state index contributed by atoms with van der Waals surface area (Å²) in [7, 11) is 0. The molecule has 1 rings (SSSR count). The molecule has 1 aliphatic rings. The van der Waals surface area contributed by atoms with Crippen LogP contribution in [0.15, 0.2) is 0 Å². The molecule has 0 amide bonds. The average molecular weight is 242 g/mol. The van der Waals surface area contributed by atoms with Crippen LogP contribution in [0.1, 0.15) is 47.0 Å². The zero-order chi connectivity index (χ0) is 12.9. The van der Waals surface area contributed by atoms with Gasteiger partial charge in [0.25, 0.3) is 0 Å². The Kier molecular flexibility index (Phi) is 5.90. The van der Waals surface area contributed by atoms with Crippen molar-refractivity contribution in [2.24, 2.45) is 11.1 Å². The lowest BCUT2D eigenvalue weighted by atomic mass is 9.84. The van der Waals surface area contributed by atoms with Crippen molar-refractivity contribution < 1.29 is 4.74 Å². The highest BCUT2D eigenvalue weighted by atomic mass is 16.5. The minimum atomic E-state index is 0.263. The SMILES string of the molecule is CCCC(C)(CN)CN1CC(C)OCC1CC. The molecule has 0 aromatic carbocycles. The van der Waals surface area contributed by atoms with Gasteiger partial charge in [-0.15, -0.1) is 0 Å². The summed E-state index contributed by atoms with van der Waals surface area (Å²) in [5.41, 5.74) is 6.24. The van der Waals surface area contributed by atoms with Gasteiger partial charge in [0, 0.05) is 19.1 Å². The van der Waals surface area contributed by atoms with Crippen molar-refractivity contribution in [1.29, 1.82) is 0 Å².